The van der Waals surface area contributed by atoms with E-state index in [-0.39, 0.29) is 11.8 Å². The van der Waals surface area contributed by atoms with Crippen LogP contribution in [0, 0.1) is 5.92 Å². The summed E-state index contributed by atoms with van der Waals surface area (Å²) in [5.41, 5.74) is 3.22. The molecule has 0 atom stereocenters. The molecule has 36 heavy (non-hydrogen) atoms. The number of rotatable bonds is 8. The van der Waals surface area contributed by atoms with Crippen molar-refractivity contribution in [2.45, 2.75) is 26.3 Å². The third kappa shape index (κ3) is 6.13. The van der Waals surface area contributed by atoms with E-state index in [0.717, 1.165) is 37.2 Å². The third-order valence-corrected chi connectivity index (χ3v) is 6.41. The van der Waals surface area contributed by atoms with E-state index in [1.54, 1.807) is 36.7 Å². The summed E-state index contributed by atoms with van der Waals surface area (Å²) >= 11 is 0. The summed E-state index contributed by atoms with van der Waals surface area (Å²) < 4.78 is 10.6. The molecule has 2 amide bonds. The SMILES string of the molecule is COc1cc(OC)cc(C(=O)Nc2ccc(N3CCC(C)CC3)c(C(=O)NCc3cccnc3)c2)c1. The number of carbonyl (C=O) groups excluding carboxylic acids is 2. The Kier molecular flexibility index (Phi) is 8.05. The second-order valence-corrected chi connectivity index (χ2v) is 9.00. The van der Waals surface area contributed by atoms with Crippen LogP contribution >= 0.6 is 0 Å². The number of nitrogens with one attached hydrogen (secondary N) is 2. The number of nitrogens with zero attached hydrogens (tertiary/aromatic N) is 2. The lowest BCUT2D eigenvalue weighted by atomic mass is 9.97. The number of methoxy groups -OCH3 is 2. The maximum atomic E-state index is 13.3. The van der Waals surface area contributed by atoms with Crippen molar-refractivity contribution in [3.8, 4) is 11.5 Å². The first-order valence-electron chi connectivity index (χ1n) is 12.1. The molecule has 1 aliphatic rings. The van der Waals surface area contributed by atoms with Gasteiger partial charge in [0.15, 0.2) is 0 Å². The van der Waals surface area contributed by atoms with Crippen molar-refractivity contribution in [1.82, 2.24) is 10.3 Å². The quantitative estimate of drug-likeness (QED) is 0.484. The van der Waals surface area contributed by atoms with Gasteiger partial charge in [-0.25, -0.2) is 0 Å². The maximum absolute atomic E-state index is 13.3. The van der Waals surface area contributed by atoms with Crippen molar-refractivity contribution in [2.75, 3.05) is 37.5 Å². The first-order valence-corrected chi connectivity index (χ1v) is 12.1. The summed E-state index contributed by atoms with van der Waals surface area (Å²) in [6.45, 7) is 4.40. The minimum absolute atomic E-state index is 0.202. The average Bonchev–Trinajstić information content (AvgIpc) is 2.92. The first-order chi connectivity index (χ1) is 17.5. The van der Waals surface area contributed by atoms with E-state index < -0.39 is 0 Å². The molecule has 188 valence electrons. The molecule has 1 aliphatic heterocycles. The number of hydrogen-bond acceptors (Lipinski definition) is 6. The van der Waals surface area contributed by atoms with Crippen LogP contribution in [0.1, 0.15) is 46.0 Å². The lowest BCUT2D eigenvalue weighted by Gasteiger charge is -2.33. The molecule has 0 spiro atoms. The summed E-state index contributed by atoms with van der Waals surface area (Å²) in [6, 6.07) is 14.2. The minimum Gasteiger partial charge on any atom is -0.497 e. The van der Waals surface area contributed by atoms with Crippen molar-refractivity contribution >= 4 is 23.2 Å². The molecule has 2 heterocycles. The molecule has 8 heteroatoms. The number of amides is 2. The van der Waals surface area contributed by atoms with Gasteiger partial charge < -0.3 is 25.0 Å². The van der Waals surface area contributed by atoms with Crippen molar-refractivity contribution in [3.05, 3.63) is 77.6 Å². The van der Waals surface area contributed by atoms with Crippen LogP contribution in [0.25, 0.3) is 0 Å². The van der Waals surface area contributed by atoms with Gasteiger partial charge in [-0.05, 0) is 60.7 Å². The van der Waals surface area contributed by atoms with Crippen molar-refractivity contribution in [3.63, 3.8) is 0 Å². The molecule has 0 bridgehead atoms. The van der Waals surface area contributed by atoms with Gasteiger partial charge in [-0.1, -0.05) is 13.0 Å². The summed E-state index contributed by atoms with van der Waals surface area (Å²) in [5, 5.41) is 5.90. The van der Waals surface area contributed by atoms with E-state index in [9.17, 15) is 9.59 Å². The summed E-state index contributed by atoms with van der Waals surface area (Å²) in [5.74, 6) is 1.18. The molecule has 0 radical (unpaired) electrons. The van der Waals surface area contributed by atoms with Gasteiger partial charge in [0.2, 0.25) is 0 Å². The Bertz CT molecular complexity index is 1190. The van der Waals surface area contributed by atoms with Gasteiger partial charge in [-0.2, -0.15) is 0 Å². The molecular weight excluding hydrogens is 456 g/mol. The number of carbonyl (C=O) groups is 2. The number of ether oxygens (including phenoxy) is 2. The van der Waals surface area contributed by atoms with Crippen LogP contribution in [0.5, 0.6) is 11.5 Å². The smallest absolute Gasteiger partial charge is 0.255 e. The fraction of sp³-hybridized carbons (Fsp3) is 0.321. The van der Waals surface area contributed by atoms with Crippen molar-refractivity contribution in [1.29, 1.82) is 0 Å². The lowest BCUT2D eigenvalue weighted by molar-refractivity contribution is 0.0950. The molecule has 8 nitrogen and oxygen atoms in total. The highest BCUT2D eigenvalue weighted by Gasteiger charge is 2.22. The molecule has 0 saturated carbocycles. The molecule has 2 aromatic carbocycles. The van der Waals surface area contributed by atoms with Crippen molar-refractivity contribution in [2.24, 2.45) is 5.92 Å². The number of hydrogen-bond donors (Lipinski definition) is 2. The predicted molar refractivity (Wildman–Crippen MR) is 140 cm³/mol. The van der Waals surface area contributed by atoms with E-state index >= 15 is 0 Å². The van der Waals surface area contributed by atoms with Gasteiger partial charge in [0.1, 0.15) is 11.5 Å². The zero-order chi connectivity index (χ0) is 25.5. The highest BCUT2D eigenvalue weighted by Crippen LogP contribution is 2.29. The Labute approximate surface area is 211 Å². The van der Waals surface area contributed by atoms with Crippen LogP contribution in [0.3, 0.4) is 0 Å². The minimum atomic E-state index is -0.325. The van der Waals surface area contributed by atoms with Gasteiger partial charge >= 0.3 is 0 Å². The van der Waals surface area contributed by atoms with Crippen molar-refractivity contribution < 1.29 is 19.1 Å². The number of piperidine rings is 1. The van der Waals surface area contributed by atoms with E-state index in [1.807, 2.05) is 24.3 Å². The normalized spacial score (nSPS) is 13.7. The Balaban J connectivity index is 1.58. The van der Waals surface area contributed by atoms with Crippen LogP contribution in [0.4, 0.5) is 11.4 Å². The molecular formula is C28H32N4O4. The topological polar surface area (TPSA) is 92.8 Å². The zero-order valence-corrected chi connectivity index (χ0v) is 20.9. The fourth-order valence-corrected chi connectivity index (χ4v) is 4.24. The van der Waals surface area contributed by atoms with Crippen LogP contribution in [-0.2, 0) is 6.54 Å². The fourth-order valence-electron chi connectivity index (χ4n) is 4.24. The maximum Gasteiger partial charge on any atom is 0.255 e. The van der Waals surface area contributed by atoms with Crippen LogP contribution in [-0.4, -0.2) is 44.1 Å². The zero-order valence-electron chi connectivity index (χ0n) is 20.9. The van der Waals surface area contributed by atoms with E-state index in [0.29, 0.717) is 40.8 Å². The van der Waals surface area contributed by atoms with Gasteiger partial charge in [0.25, 0.3) is 11.8 Å². The molecule has 1 fully saturated rings. The van der Waals surface area contributed by atoms with Crippen LogP contribution in [0.15, 0.2) is 60.9 Å². The Morgan fingerprint density at radius 1 is 1.00 bits per heavy atom. The molecule has 0 aliphatic carbocycles. The largest absolute Gasteiger partial charge is 0.497 e. The molecule has 1 saturated heterocycles. The standard InChI is InChI=1S/C28H32N4O4/c1-19-8-11-32(12-9-19)26-7-6-22(15-25(26)28(34)30-18-20-5-4-10-29-17-20)31-27(33)21-13-23(35-2)16-24(14-21)36-3/h4-7,10,13-17,19H,8-9,11-12,18H2,1-3H3,(H,30,34)(H,31,33). The molecule has 4 rings (SSSR count). The highest BCUT2D eigenvalue weighted by molar-refractivity contribution is 6.06. The van der Waals surface area contributed by atoms with Gasteiger partial charge in [0, 0.05) is 55.0 Å². The lowest BCUT2D eigenvalue weighted by Crippen LogP contribution is -2.35. The number of pyridine rings is 1. The monoisotopic (exact) mass is 488 g/mol. The summed E-state index contributed by atoms with van der Waals surface area (Å²) in [6.07, 6.45) is 5.58. The first kappa shape index (κ1) is 25.0. The predicted octanol–water partition coefficient (Wildman–Crippen LogP) is 4.52. The number of benzene rings is 2. The average molecular weight is 489 g/mol. The van der Waals surface area contributed by atoms with Gasteiger partial charge in [0.05, 0.1) is 19.8 Å². The Morgan fingerprint density at radius 3 is 2.36 bits per heavy atom. The van der Waals surface area contributed by atoms with E-state index in [4.69, 9.17) is 9.47 Å². The second-order valence-electron chi connectivity index (χ2n) is 9.00. The number of aromatic nitrogens is 1. The third-order valence-electron chi connectivity index (χ3n) is 6.41. The summed E-state index contributed by atoms with van der Waals surface area (Å²) in [4.78, 5) is 32.7. The van der Waals surface area contributed by atoms with E-state index in [1.165, 1.54) is 14.2 Å². The van der Waals surface area contributed by atoms with Crippen LogP contribution in [0.2, 0.25) is 0 Å². The van der Waals surface area contributed by atoms with Gasteiger partial charge in [-0.15, -0.1) is 0 Å². The molecule has 1 aromatic heterocycles. The van der Waals surface area contributed by atoms with Gasteiger partial charge in [-0.3, -0.25) is 14.6 Å². The molecule has 2 N–H and O–H groups in total. The van der Waals surface area contributed by atoms with Crippen LogP contribution < -0.4 is 25.0 Å². The Morgan fingerprint density at radius 2 is 1.72 bits per heavy atom. The van der Waals surface area contributed by atoms with E-state index in [2.05, 4.69) is 27.4 Å². The second kappa shape index (κ2) is 11.6. The molecule has 3 aromatic rings. The Hall–Kier alpha value is -4.07. The molecule has 0 unspecified atom stereocenters. The number of anilines is 2. The highest BCUT2D eigenvalue weighted by atomic mass is 16.5. The summed E-state index contributed by atoms with van der Waals surface area (Å²) in [7, 11) is 3.07.